The summed E-state index contributed by atoms with van der Waals surface area (Å²) >= 11 is 0. The Kier molecular flexibility index (Phi) is 3.94. The second-order valence-electron chi connectivity index (χ2n) is 3.99. The van der Waals surface area contributed by atoms with Crippen molar-refractivity contribution in [1.82, 2.24) is 5.32 Å². The quantitative estimate of drug-likeness (QED) is 0.601. The third-order valence-electron chi connectivity index (χ3n) is 2.76. The van der Waals surface area contributed by atoms with Gasteiger partial charge in [0.15, 0.2) is 0 Å². The highest BCUT2D eigenvalue weighted by molar-refractivity contribution is 5.96. The topological polar surface area (TPSA) is 38.3 Å². The number of hydrogen-bond acceptors (Lipinski definition) is 3. The number of nitrogens with one attached hydrogen (secondary N) is 1. The summed E-state index contributed by atoms with van der Waals surface area (Å²) in [5.41, 5.74) is 3.93. The average molecular weight is 231 g/mol. The fraction of sp³-hybridized carbons (Fsp3) is 0.357. The van der Waals surface area contributed by atoms with Crippen LogP contribution in [0.15, 0.2) is 24.3 Å². The third kappa shape index (κ3) is 2.94. The molecule has 0 fully saturated rings. The molecule has 0 heterocycles. The van der Waals surface area contributed by atoms with Crippen molar-refractivity contribution in [2.45, 2.75) is 13.3 Å². The van der Waals surface area contributed by atoms with Crippen LogP contribution >= 0.6 is 0 Å². The summed E-state index contributed by atoms with van der Waals surface area (Å²) in [6.45, 7) is 3.76. The minimum Gasteiger partial charge on any atom is -0.466 e. The normalized spacial score (nSPS) is 12.4. The number of carbonyl (C=O) groups is 1. The minimum atomic E-state index is -0.136. The van der Waals surface area contributed by atoms with Crippen LogP contribution in [0.1, 0.15) is 24.5 Å². The van der Waals surface area contributed by atoms with E-state index in [1.807, 2.05) is 19.1 Å². The predicted octanol–water partition coefficient (Wildman–Crippen LogP) is 2.08. The van der Waals surface area contributed by atoms with Gasteiger partial charge in [-0.1, -0.05) is 24.3 Å². The van der Waals surface area contributed by atoms with Crippen LogP contribution in [0.2, 0.25) is 0 Å². The molecule has 0 bridgehead atoms. The first-order valence-electron chi connectivity index (χ1n) is 5.97. The molecule has 0 aliphatic heterocycles. The van der Waals surface area contributed by atoms with E-state index in [1.165, 1.54) is 16.7 Å². The monoisotopic (exact) mass is 231 g/mol. The Balaban J connectivity index is 1.67. The summed E-state index contributed by atoms with van der Waals surface area (Å²) in [7, 11) is 0. The van der Waals surface area contributed by atoms with Crippen LogP contribution < -0.4 is 5.32 Å². The molecule has 3 heteroatoms. The number of fused-ring (bicyclic) bond motifs is 1. The van der Waals surface area contributed by atoms with E-state index in [1.54, 1.807) is 0 Å². The Morgan fingerprint density at radius 1 is 1.35 bits per heavy atom. The maximum absolute atomic E-state index is 11.1. The second kappa shape index (κ2) is 5.64. The van der Waals surface area contributed by atoms with E-state index in [0.717, 1.165) is 6.54 Å². The van der Waals surface area contributed by atoms with Gasteiger partial charge in [0.1, 0.15) is 0 Å². The highest BCUT2D eigenvalue weighted by Crippen LogP contribution is 2.30. The van der Waals surface area contributed by atoms with E-state index in [2.05, 4.69) is 23.5 Å². The first kappa shape index (κ1) is 11.9. The molecule has 17 heavy (non-hydrogen) atoms. The van der Waals surface area contributed by atoms with Crippen molar-refractivity contribution >= 4 is 17.6 Å². The summed E-state index contributed by atoms with van der Waals surface area (Å²) < 4.78 is 4.85. The second-order valence-corrected chi connectivity index (χ2v) is 3.99. The molecule has 0 saturated carbocycles. The molecular formula is C14H17NO2. The van der Waals surface area contributed by atoms with Gasteiger partial charge in [-0.05, 0) is 29.7 Å². The van der Waals surface area contributed by atoms with E-state index >= 15 is 0 Å². The molecule has 0 spiro atoms. The maximum atomic E-state index is 11.1. The van der Waals surface area contributed by atoms with Crippen LogP contribution in [0, 0.1) is 0 Å². The van der Waals surface area contributed by atoms with Gasteiger partial charge in [-0.25, -0.2) is 0 Å². The lowest BCUT2D eigenvalue weighted by atomic mass is 9.89. The molecule has 0 amide bonds. The summed E-state index contributed by atoms with van der Waals surface area (Å²) in [4.78, 5) is 11.1. The summed E-state index contributed by atoms with van der Waals surface area (Å²) in [6.07, 6.45) is 2.61. The lowest BCUT2D eigenvalue weighted by Crippen LogP contribution is -2.22. The van der Waals surface area contributed by atoms with Gasteiger partial charge in [0.2, 0.25) is 0 Å². The fourth-order valence-corrected chi connectivity index (χ4v) is 1.90. The zero-order valence-electron chi connectivity index (χ0n) is 10.0. The maximum Gasteiger partial charge on any atom is 0.307 e. The molecule has 1 N–H and O–H groups in total. The SMILES string of the molecule is CCOC(=O)CCNCC1=Cc2ccccc21. The molecule has 0 saturated heterocycles. The van der Waals surface area contributed by atoms with Gasteiger partial charge >= 0.3 is 5.97 Å². The Labute approximate surface area is 101 Å². The molecule has 1 aliphatic rings. The lowest BCUT2D eigenvalue weighted by Gasteiger charge is -2.20. The standard InChI is InChI=1S/C14H17NO2/c1-2-17-14(16)7-8-15-10-12-9-11-5-3-4-6-13(11)12/h3-6,9,15H,2,7-8,10H2,1H3. The molecule has 3 nitrogen and oxygen atoms in total. The number of rotatable bonds is 6. The number of hydrogen-bond donors (Lipinski definition) is 1. The van der Waals surface area contributed by atoms with Crippen molar-refractivity contribution < 1.29 is 9.53 Å². The molecule has 0 unspecified atom stereocenters. The van der Waals surface area contributed by atoms with Crippen LogP contribution in [0.5, 0.6) is 0 Å². The van der Waals surface area contributed by atoms with Crippen molar-refractivity contribution in [3.8, 4) is 0 Å². The first-order valence-corrected chi connectivity index (χ1v) is 5.97. The highest BCUT2D eigenvalue weighted by Gasteiger charge is 2.14. The first-order chi connectivity index (χ1) is 8.31. The summed E-state index contributed by atoms with van der Waals surface area (Å²) in [5.74, 6) is -0.136. The zero-order chi connectivity index (χ0) is 12.1. The fourth-order valence-electron chi connectivity index (χ4n) is 1.90. The Bertz CT molecular complexity index is 438. The summed E-state index contributed by atoms with van der Waals surface area (Å²) in [6, 6.07) is 8.32. The molecule has 1 aliphatic carbocycles. The van der Waals surface area contributed by atoms with Gasteiger partial charge in [-0.3, -0.25) is 4.79 Å². The van der Waals surface area contributed by atoms with Crippen LogP contribution in [0.25, 0.3) is 11.6 Å². The van der Waals surface area contributed by atoms with E-state index in [4.69, 9.17) is 4.74 Å². The average Bonchev–Trinajstić information content (AvgIpc) is 2.30. The molecule has 2 rings (SSSR count). The van der Waals surface area contributed by atoms with Crippen molar-refractivity contribution in [1.29, 1.82) is 0 Å². The Morgan fingerprint density at radius 2 is 2.18 bits per heavy atom. The van der Waals surface area contributed by atoms with Crippen molar-refractivity contribution in [2.24, 2.45) is 0 Å². The molecule has 0 radical (unpaired) electrons. The molecule has 1 aromatic rings. The number of carbonyl (C=O) groups excluding carboxylic acids is 1. The van der Waals surface area contributed by atoms with Gasteiger partial charge < -0.3 is 10.1 Å². The molecule has 0 aromatic heterocycles. The van der Waals surface area contributed by atoms with Crippen LogP contribution in [-0.4, -0.2) is 25.7 Å². The molecule has 90 valence electrons. The van der Waals surface area contributed by atoms with Gasteiger partial charge in [-0.2, -0.15) is 0 Å². The van der Waals surface area contributed by atoms with E-state index < -0.39 is 0 Å². The molecular weight excluding hydrogens is 214 g/mol. The van der Waals surface area contributed by atoms with Crippen molar-refractivity contribution in [3.63, 3.8) is 0 Å². The molecule has 1 aromatic carbocycles. The largest absolute Gasteiger partial charge is 0.466 e. The highest BCUT2D eigenvalue weighted by atomic mass is 16.5. The van der Waals surface area contributed by atoms with Crippen molar-refractivity contribution in [3.05, 3.63) is 35.4 Å². The van der Waals surface area contributed by atoms with Gasteiger partial charge in [0.05, 0.1) is 13.0 Å². The number of esters is 1. The van der Waals surface area contributed by atoms with E-state index in [-0.39, 0.29) is 5.97 Å². The Hall–Kier alpha value is -1.61. The number of benzene rings is 1. The van der Waals surface area contributed by atoms with Crippen LogP contribution in [0.3, 0.4) is 0 Å². The van der Waals surface area contributed by atoms with Crippen LogP contribution in [0.4, 0.5) is 0 Å². The van der Waals surface area contributed by atoms with Crippen LogP contribution in [-0.2, 0) is 9.53 Å². The zero-order valence-corrected chi connectivity index (χ0v) is 10.0. The predicted molar refractivity (Wildman–Crippen MR) is 68.4 cm³/mol. The van der Waals surface area contributed by atoms with E-state index in [0.29, 0.717) is 19.6 Å². The third-order valence-corrected chi connectivity index (χ3v) is 2.76. The lowest BCUT2D eigenvalue weighted by molar-refractivity contribution is -0.142. The smallest absolute Gasteiger partial charge is 0.307 e. The minimum absolute atomic E-state index is 0.136. The summed E-state index contributed by atoms with van der Waals surface area (Å²) in [5, 5.41) is 3.25. The van der Waals surface area contributed by atoms with Gasteiger partial charge in [-0.15, -0.1) is 0 Å². The van der Waals surface area contributed by atoms with Gasteiger partial charge in [0, 0.05) is 13.1 Å². The molecule has 0 atom stereocenters. The van der Waals surface area contributed by atoms with Crippen molar-refractivity contribution in [2.75, 3.05) is 19.7 Å². The van der Waals surface area contributed by atoms with E-state index in [9.17, 15) is 4.79 Å². The number of ether oxygens (including phenoxy) is 1. The Morgan fingerprint density at radius 3 is 2.94 bits per heavy atom. The van der Waals surface area contributed by atoms with Gasteiger partial charge in [0.25, 0.3) is 0 Å².